The molecule has 5 nitrogen and oxygen atoms in total. The highest BCUT2D eigenvalue weighted by Crippen LogP contribution is 2.15. The van der Waals surface area contributed by atoms with Crippen LogP contribution in [0.3, 0.4) is 0 Å². The van der Waals surface area contributed by atoms with E-state index in [1.807, 2.05) is 30.6 Å². The van der Waals surface area contributed by atoms with Gasteiger partial charge in [0, 0.05) is 18.8 Å². The molecule has 0 amide bonds. The second kappa shape index (κ2) is 4.81. The minimum absolute atomic E-state index is 0.0165. The van der Waals surface area contributed by atoms with E-state index < -0.39 is 0 Å². The molecule has 0 saturated carbocycles. The Kier molecular flexibility index (Phi) is 3.00. The molecule has 0 radical (unpaired) electrons. The number of rotatable bonds is 3. The molecule has 0 aliphatic rings. The van der Waals surface area contributed by atoms with E-state index in [0.29, 0.717) is 11.9 Å². The summed E-state index contributed by atoms with van der Waals surface area (Å²) in [6.07, 6.45) is 3.31. The number of anilines is 1. The van der Waals surface area contributed by atoms with Gasteiger partial charge in [0.2, 0.25) is 0 Å². The van der Waals surface area contributed by atoms with Crippen molar-refractivity contribution in [1.82, 2.24) is 14.5 Å². The average molecular weight is 272 g/mol. The molecular formula is C13H12N4OS. The lowest BCUT2D eigenvalue weighted by molar-refractivity contribution is 0.748. The molecule has 0 fully saturated rings. The van der Waals surface area contributed by atoms with Gasteiger partial charge in [-0.25, -0.2) is 9.97 Å². The van der Waals surface area contributed by atoms with Crippen molar-refractivity contribution in [3.05, 3.63) is 52.0 Å². The number of nitrogens with zero attached hydrogens (tertiary/aromatic N) is 3. The van der Waals surface area contributed by atoms with Crippen LogP contribution in [-0.2, 0) is 6.54 Å². The van der Waals surface area contributed by atoms with Crippen LogP contribution >= 0.6 is 11.3 Å². The minimum Gasteiger partial charge on any atom is -0.373 e. The Bertz CT molecular complexity index is 777. The second-order valence-corrected chi connectivity index (χ2v) is 4.97. The van der Waals surface area contributed by atoms with Gasteiger partial charge >= 0.3 is 0 Å². The molecule has 0 spiro atoms. The average Bonchev–Trinajstić information content (AvgIpc) is 2.92. The van der Waals surface area contributed by atoms with Crippen LogP contribution in [0.15, 0.2) is 40.9 Å². The third-order valence-electron chi connectivity index (χ3n) is 2.92. The highest BCUT2D eigenvalue weighted by atomic mass is 32.1. The van der Waals surface area contributed by atoms with Gasteiger partial charge in [0.05, 0.1) is 18.3 Å². The van der Waals surface area contributed by atoms with Crippen molar-refractivity contribution in [2.24, 2.45) is 0 Å². The Morgan fingerprint density at radius 1 is 1.37 bits per heavy atom. The van der Waals surface area contributed by atoms with Gasteiger partial charge in [-0.05, 0) is 17.5 Å². The number of aromatic nitrogens is 3. The van der Waals surface area contributed by atoms with E-state index in [1.165, 1.54) is 11.3 Å². The molecule has 3 heterocycles. The normalized spacial score (nSPS) is 10.8. The fourth-order valence-corrected chi connectivity index (χ4v) is 2.70. The predicted molar refractivity (Wildman–Crippen MR) is 76.8 cm³/mol. The first kappa shape index (κ1) is 11.9. The topological polar surface area (TPSA) is 59.8 Å². The number of pyridine rings is 1. The van der Waals surface area contributed by atoms with Crippen LogP contribution in [0.5, 0.6) is 0 Å². The van der Waals surface area contributed by atoms with Gasteiger partial charge in [-0.1, -0.05) is 6.07 Å². The summed E-state index contributed by atoms with van der Waals surface area (Å²) in [5, 5.41) is 5.57. The maximum Gasteiger partial charge on any atom is 0.262 e. The van der Waals surface area contributed by atoms with Crippen molar-refractivity contribution < 1.29 is 0 Å². The summed E-state index contributed by atoms with van der Waals surface area (Å²) in [4.78, 5) is 21.6. The van der Waals surface area contributed by atoms with Crippen LogP contribution in [-0.4, -0.2) is 21.6 Å². The summed E-state index contributed by atoms with van der Waals surface area (Å²) in [7, 11) is 1.81. The Morgan fingerprint density at radius 2 is 2.26 bits per heavy atom. The number of hydrogen-bond acceptors (Lipinski definition) is 5. The minimum atomic E-state index is -0.0165. The van der Waals surface area contributed by atoms with Crippen LogP contribution in [0.2, 0.25) is 0 Å². The molecule has 19 heavy (non-hydrogen) atoms. The molecule has 3 rings (SSSR count). The highest BCUT2D eigenvalue weighted by Gasteiger charge is 2.07. The second-order valence-electron chi connectivity index (χ2n) is 4.08. The molecular weight excluding hydrogens is 260 g/mol. The fourth-order valence-electron chi connectivity index (χ4n) is 1.98. The van der Waals surface area contributed by atoms with E-state index >= 15 is 0 Å². The quantitative estimate of drug-likeness (QED) is 0.791. The van der Waals surface area contributed by atoms with Crippen molar-refractivity contribution in [1.29, 1.82) is 0 Å². The first-order chi connectivity index (χ1) is 9.29. The summed E-state index contributed by atoms with van der Waals surface area (Å²) in [6.45, 7) is 0.460. The first-order valence-corrected chi connectivity index (χ1v) is 6.72. The lowest BCUT2D eigenvalue weighted by atomic mass is 10.2. The van der Waals surface area contributed by atoms with Crippen LogP contribution in [0.4, 0.5) is 5.82 Å². The highest BCUT2D eigenvalue weighted by molar-refractivity contribution is 7.16. The Balaban J connectivity index is 2.06. The Labute approximate surface area is 113 Å². The monoisotopic (exact) mass is 272 g/mol. The van der Waals surface area contributed by atoms with Crippen LogP contribution in [0.1, 0.15) is 5.56 Å². The molecule has 0 saturated heterocycles. The summed E-state index contributed by atoms with van der Waals surface area (Å²) in [5.74, 6) is 0.778. The molecule has 0 aromatic carbocycles. The summed E-state index contributed by atoms with van der Waals surface area (Å²) in [5.41, 5.74) is 0.945. The number of nitrogens with one attached hydrogen (secondary N) is 1. The maximum absolute atomic E-state index is 12.3. The van der Waals surface area contributed by atoms with Gasteiger partial charge in [0.1, 0.15) is 10.6 Å². The molecule has 96 valence electrons. The van der Waals surface area contributed by atoms with E-state index in [4.69, 9.17) is 0 Å². The molecule has 0 aliphatic carbocycles. The fraction of sp³-hybridized carbons (Fsp3) is 0.154. The largest absolute Gasteiger partial charge is 0.373 e. The summed E-state index contributed by atoms with van der Waals surface area (Å²) < 4.78 is 1.60. The molecule has 3 aromatic rings. The van der Waals surface area contributed by atoms with Crippen LogP contribution in [0.25, 0.3) is 10.2 Å². The van der Waals surface area contributed by atoms with Crippen molar-refractivity contribution >= 4 is 27.4 Å². The van der Waals surface area contributed by atoms with E-state index in [-0.39, 0.29) is 5.56 Å². The number of fused-ring (bicyclic) bond motifs is 1. The van der Waals surface area contributed by atoms with Crippen molar-refractivity contribution in [2.75, 3.05) is 12.4 Å². The Hall–Kier alpha value is -2.21. The first-order valence-electron chi connectivity index (χ1n) is 5.84. The van der Waals surface area contributed by atoms with Crippen molar-refractivity contribution in [3.8, 4) is 0 Å². The SMILES string of the molecule is CNc1ncccc1Cn1cnc2sccc2c1=O. The Morgan fingerprint density at radius 3 is 3.11 bits per heavy atom. The maximum atomic E-state index is 12.3. The van der Waals surface area contributed by atoms with E-state index in [2.05, 4.69) is 15.3 Å². The molecule has 0 atom stereocenters. The van der Waals surface area contributed by atoms with Gasteiger partial charge in [-0.3, -0.25) is 9.36 Å². The zero-order chi connectivity index (χ0) is 13.2. The number of thiophene rings is 1. The molecule has 3 aromatic heterocycles. The molecule has 0 bridgehead atoms. The van der Waals surface area contributed by atoms with Gasteiger partial charge in [0.15, 0.2) is 0 Å². The molecule has 0 aliphatic heterocycles. The lowest BCUT2D eigenvalue weighted by Crippen LogP contribution is -2.21. The van der Waals surface area contributed by atoms with E-state index in [1.54, 1.807) is 17.1 Å². The van der Waals surface area contributed by atoms with Gasteiger partial charge in [-0.2, -0.15) is 0 Å². The third-order valence-corrected chi connectivity index (χ3v) is 3.74. The van der Waals surface area contributed by atoms with Gasteiger partial charge in [0.25, 0.3) is 5.56 Å². The van der Waals surface area contributed by atoms with Crippen LogP contribution in [0, 0.1) is 0 Å². The smallest absolute Gasteiger partial charge is 0.262 e. The van der Waals surface area contributed by atoms with E-state index in [0.717, 1.165) is 16.2 Å². The standard InChI is InChI=1S/C13H12N4OS/c1-14-11-9(3-2-5-15-11)7-17-8-16-12-10(13(17)18)4-6-19-12/h2-6,8H,7H2,1H3,(H,14,15). The number of hydrogen-bond donors (Lipinski definition) is 1. The zero-order valence-corrected chi connectivity index (χ0v) is 11.1. The third kappa shape index (κ3) is 2.10. The van der Waals surface area contributed by atoms with Gasteiger partial charge in [-0.15, -0.1) is 11.3 Å². The molecule has 0 unspecified atom stereocenters. The predicted octanol–water partition coefficient (Wildman–Crippen LogP) is 1.94. The summed E-state index contributed by atoms with van der Waals surface area (Å²) >= 11 is 1.48. The van der Waals surface area contributed by atoms with Gasteiger partial charge < -0.3 is 5.32 Å². The van der Waals surface area contributed by atoms with Crippen molar-refractivity contribution in [2.45, 2.75) is 6.54 Å². The van der Waals surface area contributed by atoms with Crippen LogP contribution < -0.4 is 10.9 Å². The molecule has 6 heteroatoms. The zero-order valence-electron chi connectivity index (χ0n) is 10.3. The van der Waals surface area contributed by atoms with Crippen molar-refractivity contribution in [3.63, 3.8) is 0 Å². The van der Waals surface area contributed by atoms with E-state index in [9.17, 15) is 4.79 Å². The summed E-state index contributed by atoms with van der Waals surface area (Å²) in [6, 6.07) is 5.62. The molecule has 1 N–H and O–H groups in total. The lowest BCUT2D eigenvalue weighted by Gasteiger charge is -2.09.